The van der Waals surface area contributed by atoms with Crippen LogP contribution in [0.2, 0.25) is 0 Å². The molecule has 3 N–H and O–H groups in total. The zero-order valence-electron chi connectivity index (χ0n) is 15.9. The van der Waals surface area contributed by atoms with Crippen LogP contribution in [0.5, 0.6) is 0 Å². The summed E-state index contributed by atoms with van der Waals surface area (Å²) < 4.78 is 0. The summed E-state index contributed by atoms with van der Waals surface area (Å²) in [6.07, 6.45) is 4.02. The topological polar surface area (TPSA) is 58.4 Å². The third-order valence-corrected chi connectivity index (χ3v) is 5.69. The molecule has 1 heterocycles. The highest BCUT2D eigenvalue weighted by Crippen LogP contribution is 2.43. The molecule has 5 heteroatoms. The number of benzene rings is 2. The number of nitrogens with zero attached hydrogens (tertiary/aromatic N) is 1. The minimum atomic E-state index is -0.289. The number of carbonyl (C=O) groups is 1. The summed E-state index contributed by atoms with van der Waals surface area (Å²) in [5, 5.41) is 3.39. The molecule has 0 aromatic heterocycles. The number of rotatable bonds is 5. The first-order valence-corrected chi connectivity index (χ1v) is 9.73. The Morgan fingerprint density at radius 3 is 2.63 bits per heavy atom. The number of piperazine rings is 1. The van der Waals surface area contributed by atoms with Crippen molar-refractivity contribution < 1.29 is 4.79 Å². The van der Waals surface area contributed by atoms with Crippen LogP contribution in [0.1, 0.15) is 46.8 Å². The molecule has 1 saturated heterocycles. The first-order valence-electron chi connectivity index (χ1n) is 9.73. The Bertz CT molecular complexity index is 844. The fourth-order valence-electron chi connectivity index (χ4n) is 4.39. The summed E-state index contributed by atoms with van der Waals surface area (Å²) in [5.74, 6) is -0.289. The summed E-state index contributed by atoms with van der Waals surface area (Å²) in [7, 11) is 0. The van der Waals surface area contributed by atoms with Crippen molar-refractivity contribution in [2.24, 2.45) is 5.73 Å². The SMILES string of the molecule is CCCCc1c2c(cc(N3CCNCC3)c1C(N)=O)-c1ccccc1C2.Cl. The minimum absolute atomic E-state index is 0. The molecule has 144 valence electrons. The van der Waals surface area contributed by atoms with E-state index in [0.717, 1.165) is 63.1 Å². The lowest BCUT2D eigenvalue weighted by atomic mass is 9.90. The number of amides is 1. The van der Waals surface area contributed by atoms with Gasteiger partial charge in [-0.3, -0.25) is 4.79 Å². The lowest BCUT2D eigenvalue weighted by molar-refractivity contribution is 0.0999. The third-order valence-electron chi connectivity index (χ3n) is 5.69. The normalized spacial score (nSPS) is 15.1. The number of hydrogen-bond acceptors (Lipinski definition) is 3. The molecule has 1 amide bonds. The van der Waals surface area contributed by atoms with Gasteiger partial charge in [-0.25, -0.2) is 0 Å². The van der Waals surface area contributed by atoms with Crippen LogP contribution in [0.25, 0.3) is 11.1 Å². The van der Waals surface area contributed by atoms with E-state index in [-0.39, 0.29) is 18.3 Å². The molecule has 0 saturated carbocycles. The van der Waals surface area contributed by atoms with E-state index in [4.69, 9.17) is 5.73 Å². The molecule has 27 heavy (non-hydrogen) atoms. The van der Waals surface area contributed by atoms with Crippen LogP contribution in [0.4, 0.5) is 5.69 Å². The van der Waals surface area contributed by atoms with E-state index in [2.05, 4.69) is 47.5 Å². The minimum Gasteiger partial charge on any atom is -0.368 e. The second-order valence-corrected chi connectivity index (χ2v) is 7.31. The predicted molar refractivity (Wildman–Crippen MR) is 114 cm³/mol. The van der Waals surface area contributed by atoms with Crippen molar-refractivity contribution >= 4 is 24.0 Å². The summed E-state index contributed by atoms with van der Waals surface area (Å²) in [5.41, 5.74) is 14.2. The van der Waals surface area contributed by atoms with Gasteiger partial charge in [-0.05, 0) is 53.1 Å². The first-order chi connectivity index (χ1) is 12.7. The molecular weight excluding hydrogens is 358 g/mol. The molecule has 0 unspecified atom stereocenters. The zero-order valence-corrected chi connectivity index (χ0v) is 16.7. The predicted octanol–water partition coefficient (Wildman–Crippen LogP) is 3.53. The number of nitrogens with one attached hydrogen (secondary N) is 1. The second-order valence-electron chi connectivity index (χ2n) is 7.31. The molecule has 0 bridgehead atoms. The van der Waals surface area contributed by atoms with Gasteiger partial charge in [0, 0.05) is 26.2 Å². The molecule has 4 rings (SSSR count). The molecular formula is C22H28ClN3O. The fourth-order valence-corrected chi connectivity index (χ4v) is 4.39. The number of unbranched alkanes of at least 4 members (excludes halogenated alkanes) is 1. The van der Waals surface area contributed by atoms with Crippen molar-refractivity contribution in [1.29, 1.82) is 0 Å². The van der Waals surface area contributed by atoms with Crippen molar-refractivity contribution in [1.82, 2.24) is 5.32 Å². The van der Waals surface area contributed by atoms with Crippen LogP contribution >= 0.6 is 12.4 Å². The summed E-state index contributed by atoms with van der Waals surface area (Å²) in [6, 6.07) is 10.8. The largest absolute Gasteiger partial charge is 0.368 e. The molecule has 2 aliphatic rings. The highest BCUT2D eigenvalue weighted by molar-refractivity contribution is 6.03. The zero-order chi connectivity index (χ0) is 18.1. The van der Waals surface area contributed by atoms with Gasteiger partial charge >= 0.3 is 0 Å². The van der Waals surface area contributed by atoms with Gasteiger partial charge in [-0.1, -0.05) is 37.6 Å². The molecule has 1 aliphatic heterocycles. The van der Waals surface area contributed by atoms with Gasteiger partial charge in [-0.15, -0.1) is 12.4 Å². The molecule has 1 aliphatic carbocycles. The van der Waals surface area contributed by atoms with Crippen molar-refractivity contribution in [2.45, 2.75) is 32.6 Å². The Morgan fingerprint density at radius 2 is 1.93 bits per heavy atom. The number of fused-ring (bicyclic) bond motifs is 3. The summed E-state index contributed by atoms with van der Waals surface area (Å²) >= 11 is 0. The number of carbonyl (C=O) groups excluding carboxylic acids is 1. The Hall–Kier alpha value is -2.04. The van der Waals surface area contributed by atoms with Gasteiger partial charge in [0.05, 0.1) is 11.3 Å². The van der Waals surface area contributed by atoms with E-state index in [1.54, 1.807) is 0 Å². The van der Waals surface area contributed by atoms with E-state index in [1.165, 1.54) is 27.8 Å². The van der Waals surface area contributed by atoms with E-state index in [9.17, 15) is 4.79 Å². The lowest BCUT2D eigenvalue weighted by Gasteiger charge is -2.32. The quantitative estimate of drug-likeness (QED) is 0.706. The van der Waals surface area contributed by atoms with Gasteiger partial charge in [0.1, 0.15) is 0 Å². The van der Waals surface area contributed by atoms with E-state index in [1.807, 2.05) is 0 Å². The Balaban J connectivity index is 0.00000210. The van der Waals surface area contributed by atoms with Gasteiger partial charge in [0.2, 0.25) is 0 Å². The van der Waals surface area contributed by atoms with Crippen LogP contribution in [0, 0.1) is 0 Å². The smallest absolute Gasteiger partial charge is 0.251 e. The number of nitrogens with two attached hydrogens (primary N) is 1. The highest BCUT2D eigenvalue weighted by atomic mass is 35.5. The van der Waals surface area contributed by atoms with Crippen LogP contribution in [0.3, 0.4) is 0 Å². The van der Waals surface area contributed by atoms with Crippen molar-refractivity contribution in [3.8, 4) is 11.1 Å². The van der Waals surface area contributed by atoms with Gasteiger partial charge in [-0.2, -0.15) is 0 Å². The summed E-state index contributed by atoms with van der Waals surface area (Å²) in [6.45, 7) is 5.90. The van der Waals surface area contributed by atoms with Crippen LogP contribution in [-0.4, -0.2) is 32.1 Å². The standard InChI is InChI=1S/C22H27N3O.ClH/c1-2-3-7-17-18-13-15-6-4-5-8-16(15)19(18)14-20(21(17)22(23)26)25-11-9-24-10-12-25;/h4-6,8,14,24H,2-3,7,9-13H2,1H3,(H2,23,26);1H. The molecule has 0 atom stereocenters. The Labute approximate surface area is 167 Å². The molecule has 0 radical (unpaired) electrons. The summed E-state index contributed by atoms with van der Waals surface area (Å²) in [4.78, 5) is 14.8. The maximum Gasteiger partial charge on any atom is 0.251 e. The van der Waals surface area contributed by atoms with Crippen LogP contribution in [-0.2, 0) is 12.8 Å². The number of anilines is 1. The average Bonchev–Trinajstić information content (AvgIpc) is 3.04. The average molecular weight is 386 g/mol. The van der Waals surface area contributed by atoms with Crippen LogP contribution < -0.4 is 16.0 Å². The Morgan fingerprint density at radius 1 is 1.19 bits per heavy atom. The van der Waals surface area contributed by atoms with E-state index in [0.29, 0.717) is 0 Å². The van der Waals surface area contributed by atoms with Crippen molar-refractivity contribution in [2.75, 3.05) is 31.1 Å². The monoisotopic (exact) mass is 385 g/mol. The van der Waals surface area contributed by atoms with E-state index >= 15 is 0 Å². The van der Waals surface area contributed by atoms with Crippen LogP contribution in [0.15, 0.2) is 30.3 Å². The first kappa shape index (κ1) is 19.7. The maximum atomic E-state index is 12.5. The van der Waals surface area contributed by atoms with Gasteiger partial charge in [0.15, 0.2) is 0 Å². The second kappa shape index (κ2) is 8.32. The lowest BCUT2D eigenvalue weighted by Crippen LogP contribution is -2.44. The van der Waals surface area contributed by atoms with Gasteiger partial charge < -0.3 is 16.0 Å². The molecule has 2 aromatic rings. The molecule has 4 nitrogen and oxygen atoms in total. The molecule has 2 aromatic carbocycles. The van der Waals surface area contributed by atoms with Crippen molar-refractivity contribution in [3.63, 3.8) is 0 Å². The fraction of sp³-hybridized carbons (Fsp3) is 0.409. The van der Waals surface area contributed by atoms with Crippen molar-refractivity contribution in [3.05, 3.63) is 52.6 Å². The number of hydrogen-bond donors (Lipinski definition) is 2. The highest BCUT2D eigenvalue weighted by Gasteiger charge is 2.29. The number of primary amides is 1. The van der Waals surface area contributed by atoms with Gasteiger partial charge in [0.25, 0.3) is 5.91 Å². The number of halogens is 1. The third kappa shape index (κ3) is 3.56. The van der Waals surface area contributed by atoms with E-state index < -0.39 is 0 Å². The molecule has 0 spiro atoms. The molecule has 1 fully saturated rings. The maximum absolute atomic E-state index is 12.5. The Kier molecular flexibility index (Phi) is 6.08.